The van der Waals surface area contributed by atoms with E-state index in [1.54, 1.807) is 0 Å². The Kier molecular flexibility index (Phi) is 6.64. The van der Waals surface area contributed by atoms with E-state index in [4.69, 9.17) is 17.3 Å². The zero-order valence-corrected chi connectivity index (χ0v) is 22.2. The van der Waals surface area contributed by atoms with Crippen LogP contribution in [0.1, 0.15) is 45.4 Å². The Hall–Kier alpha value is -2.44. The van der Waals surface area contributed by atoms with Gasteiger partial charge in [-0.2, -0.15) is 12.7 Å². The van der Waals surface area contributed by atoms with Crippen LogP contribution in [0.3, 0.4) is 0 Å². The average Bonchev–Trinajstić information content (AvgIpc) is 2.77. The molecule has 1 aromatic rings. The monoisotopic (exact) mass is 553 g/mol. The van der Waals surface area contributed by atoms with Crippen molar-refractivity contribution in [1.82, 2.24) is 9.62 Å². The van der Waals surface area contributed by atoms with Crippen molar-refractivity contribution in [2.45, 2.75) is 51.5 Å². The molecule has 3 unspecified atom stereocenters. The lowest BCUT2D eigenvalue weighted by Crippen LogP contribution is -2.61. The number of carbonyl (C=O) groups excluding carboxylic acids is 2. The zero-order valence-electron chi connectivity index (χ0n) is 20.6. The molecule has 3 atom stereocenters. The van der Waals surface area contributed by atoms with Crippen LogP contribution in [0.5, 0.6) is 0 Å². The van der Waals surface area contributed by atoms with Crippen LogP contribution in [0.15, 0.2) is 18.2 Å². The Morgan fingerprint density at radius 1 is 1.22 bits per heavy atom. The Morgan fingerprint density at radius 3 is 2.49 bits per heavy atom. The first-order chi connectivity index (χ1) is 17.4. The van der Waals surface area contributed by atoms with E-state index < -0.39 is 15.1 Å². The summed E-state index contributed by atoms with van der Waals surface area (Å²) >= 11 is 6.24. The summed E-state index contributed by atoms with van der Waals surface area (Å²) in [6, 6.07) is 3.63. The van der Waals surface area contributed by atoms with Gasteiger partial charge in [-0.05, 0) is 67.3 Å². The summed E-state index contributed by atoms with van der Waals surface area (Å²) in [6.45, 7) is 1.88. The van der Waals surface area contributed by atoms with E-state index in [2.05, 4.69) is 5.32 Å². The molecule has 6 rings (SSSR count). The van der Waals surface area contributed by atoms with E-state index in [1.807, 2.05) is 6.92 Å². The third-order valence-electron chi connectivity index (χ3n) is 8.61. The van der Waals surface area contributed by atoms with Crippen LogP contribution in [0.4, 0.5) is 11.4 Å². The van der Waals surface area contributed by atoms with E-state index in [1.165, 1.54) is 12.1 Å². The molecule has 1 aromatic carbocycles. The maximum Gasteiger partial charge on any atom is 0.304 e. The molecule has 0 aromatic heterocycles. The van der Waals surface area contributed by atoms with Crippen LogP contribution in [-0.4, -0.2) is 55.1 Å². The molecule has 37 heavy (non-hydrogen) atoms. The molecule has 0 radical (unpaired) electrons. The number of nitrogens with one attached hydrogen (secondary N) is 1. The van der Waals surface area contributed by atoms with Crippen LogP contribution in [0, 0.1) is 39.2 Å². The SMILES string of the molecule is CC1CN(CC(=O)NC2C3CC4CC2CC(CC(N)=O)(C4)C3)S(=O)(=O)N(c2ccc([N+](=O)[O-])cc2Cl)C1. The maximum absolute atomic E-state index is 13.5. The van der Waals surface area contributed by atoms with Gasteiger partial charge in [0.15, 0.2) is 0 Å². The second-order valence-electron chi connectivity index (χ2n) is 11.5. The number of anilines is 1. The fraction of sp³-hybridized carbons (Fsp3) is 0.667. The van der Waals surface area contributed by atoms with Gasteiger partial charge in [-0.3, -0.25) is 24.0 Å². The van der Waals surface area contributed by atoms with Crippen LogP contribution in [0.25, 0.3) is 0 Å². The van der Waals surface area contributed by atoms with Crippen LogP contribution >= 0.6 is 11.6 Å². The van der Waals surface area contributed by atoms with Gasteiger partial charge in [0, 0.05) is 37.7 Å². The number of hydrogen-bond acceptors (Lipinski definition) is 6. The topological polar surface area (TPSA) is 156 Å². The summed E-state index contributed by atoms with van der Waals surface area (Å²) in [7, 11) is -4.09. The first-order valence-corrected chi connectivity index (χ1v) is 14.4. The summed E-state index contributed by atoms with van der Waals surface area (Å²) in [4.78, 5) is 35.3. The normalized spacial score (nSPS) is 34.3. The van der Waals surface area contributed by atoms with Gasteiger partial charge in [0.2, 0.25) is 11.8 Å². The molecular weight excluding hydrogens is 522 g/mol. The first-order valence-electron chi connectivity index (χ1n) is 12.7. The van der Waals surface area contributed by atoms with Crippen molar-refractivity contribution < 1.29 is 22.9 Å². The number of benzene rings is 1. The largest absolute Gasteiger partial charge is 0.370 e. The highest BCUT2D eigenvalue weighted by Crippen LogP contribution is 2.61. The number of carbonyl (C=O) groups is 2. The Labute approximate surface area is 221 Å². The molecule has 5 aliphatic rings. The first kappa shape index (κ1) is 26.2. The molecule has 1 saturated heterocycles. The van der Waals surface area contributed by atoms with Crippen molar-refractivity contribution in [2.24, 2.45) is 34.8 Å². The van der Waals surface area contributed by atoms with Gasteiger partial charge in [0.25, 0.3) is 5.69 Å². The molecule has 4 bridgehead atoms. The van der Waals surface area contributed by atoms with E-state index in [0.717, 1.165) is 46.8 Å². The zero-order chi connectivity index (χ0) is 26.7. The second kappa shape index (κ2) is 9.39. The van der Waals surface area contributed by atoms with Crippen molar-refractivity contribution in [1.29, 1.82) is 0 Å². The molecular formula is C24H32ClN5O6S. The third-order valence-corrected chi connectivity index (χ3v) is 10.7. The number of nitrogens with two attached hydrogens (primary N) is 1. The number of amides is 2. The minimum atomic E-state index is -4.09. The lowest BCUT2D eigenvalue weighted by atomic mass is 9.47. The summed E-state index contributed by atoms with van der Waals surface area (Å²) in [5.41, 5.74) is 5.39. The summed E-state index contributed by atoms with van der Waals surface area (Å²) in [5.74, 6) is 0.355. The molecule has 13 heteroatoms. The number of hydrogen-bond donors (Lipinski definition) is 2. The quantitative estimate of drug-likeness (QED) is 0.390. The highest BCUT2D eigenvalue weighted by atomic mass is 35.5. The Balaban J connectivity index is 1.29. The molecule has 4 saturated carbocycles. The predicted molar refractivity (Wildman–Crippen MR) is 137 cm³/mol. The molecule has 11 nitrogen and oxygen atoms in total. The van der Waals surface area contributed by atoms with Crippen molar-refractivity contribution in [3.05, 3.63) is 33.3 Å². The number of non-ortho nitro benzene ring substituents is 1. The van der Waals surface area contributed by atoms with E-state index in [-0.39, 0.29) is 77.1 Å². The smallest absolute Gasteiger partial charge is 0.304 e. The van der Waals surface area contributed by atoms with Gasteiger partial charge in [-0.15, -0.1) is 0 Å². The summed E-state index contributed by atoms with van der Waals surface area (Å²) in [6.07, 6.45) is 5.15. The van der Waals surface area contributed by atoms with Crippen LogP contribution < -0.4 is 15.4 Å². The van der Waals surface area contributed by atoms with Gasteiger partial charge in [-0.25, -0.2) is 0 Å². The van der Waals surface area contributed by atoms with Crippen molar-refractivity contribution >= 4 is 45.0 Å². The van der Waals surface area contributed by atoms with Gasteiger partial charge in [0.05, 0.1) is 22.2 Å². The second-order valence-corrected chi connectivity index (χ2v) is 13.8. The molecule has 4 aliphatic carbocycles. The molecule has 1 aliphatic heterocycles. The summed E-state index contributed by atoms with van der Waals surface area (Å²) in [5, 5.41) is 14.1. The van der Waals surface area contributed by atoms with Crippen LogP contribution in [0.2, 0.25) is 5.02 Å². The molecule has 3 N–H and O–H groups in total. The van der Waals surface area contributed by atoms with E-state index >= 15 is 0 Å². The summed E-state index contributed by atoms with van der Waals surface area (Å²) < 4.78 is 29.2. The number of nitrogens with zero attached hydrogens (tertiary/aromatic N) is 3. The number of halogens is 1. The highest BCUT2D eigenvalue weighted by Gasteiger charge is 2.56. The fourth-order valence-corrected chi connectivity index (χ4v) is 9.78. The predicted octanol–water partition coefficient (Wildman–Crippen LogP) is 2.44. The maximum atomic E-state index is 13.5. The third kappa shape index (κ3) is 4.90. The highest BCUT2D eigenvalue weighted by molar-refractivity contribution is 7.90. The lowest BCUT2D eigenvalue weighted by Gasteiger charge is -2.60. The van der Waals surface area contributed by atoms with Crippen molar-refractivity contribution in [2.75, 3.05) is 23.9 Å². The number of primary amides is 1. The van der Waals surface area contributed by atoms with Crippen molar-refractivity contribution in [3.8, 4) is 0 Å². The minimum Gasteiger partial charge on any atom is -0.370 e. The Bertz CT molecular complexity index is 1230. The standard InChI is InChI=1S/C24H32ClN5O6S/c1-14-11-28(37(35,36)29(12-14)20-3-2-18(30(33)34)6-19(20)25)13-22(32)27-23-16-4-15-5-17(23)9-24(7-15,8-16)10-21(26)31/h2-3,6,14-17,23H,4-5,7-13H2,1H3,(H2,26,31)(H,27,32). The van der Waals surface area contributed by atoms with E-state index in [9.17, 15) is 28.1 Å². The average molecular weight is 554 g/mol. The van der Waals surface area contributed by atoms with Gasteiger partial charge >= 0.3 is 10.2 Å². The van der Waals surface area contributed by atoms with Gasteiger partial charge in [0.1, 0.15) is 0 Å². The number of nitro benzene ring substituents is 1. The molecule has 202 valence electrons. The lowest BCUT2D eigenvalue weighted by molar-refractivity contribution is -0.384. The van der Waals surface area contributed by atoms with Gasteiger partial charge < -0.3 is 11.1 Å². The van der Waals surface area contributed by atoms with Gasteiger partial charge in [-0.1, -0.05) is 18.5 Å². The van der Waals surface area contributed by atoms with Crippen molar-refractivity contribution in [3.63, 3.8) is 0 Å². The Morgan fingerprint density at radius 2 is 1.89 bits per heavy atom. The van der Waals surface area contributed by atoms with Crippen LogP contribution in [-0.2, 0) is 19.8 Å². The fourth-order valence-electron chi connectivity index (χ4n) is 7.60. The molecule has 1 heterocycles. The molecule has 0 spiro atoms. The molecule has 2 amide bonds. The van der Waals surface area contributed by atoms with E-state index in [0.29, 0.717) is 12.3 Å². The minimum absolute atomic E-state index is 0.0322. The number of rotatable bonds is 7. The number of nitro groups is 1. The molecule has 5 fully saturated rings.